The zero-order chi connectivity index (χ0) is 34.6. The van der Waals surface area contributed by atoms with Gasteiger partial charge in [0.15, 0.2) is 9.84 Å². The molecule has 0 aromatic heterocycles. The molecule has 0 rings (SSSR count). The summed E-state index contributed by atoms with van der Waals surface area (Å²) in [5.41, 5.74) is 8.31. The van der Waals surface area contributed by atoms with E-state index >= 15 is 0 Å². The van der Waals surface area contributed by atoms with Gasteiger partial charge < -0.3 is 5.11 Å². The number of hydrogen-bond acceptors (Lipinski definition) is 3. The van der Waals surface area contributed by atoms with Crippen molar-refractivity contribution in [1.82, 2.24) is 0 Å². The van der Waals surface area contributed by atoms with Gasteiger partial charge in [-0.25, -0.2) is 8.42 Å². The van der Waals surface area contributed by atoms with Crippen LogP contribution < -0.4 is 0 Å². The number of rotatable bonds is 21. The van der Waals surface area contributed by atoms with Crippen LogP contribution in [-0.4, -0.2) is 25.4 Å². The number of sulfone groups is 1. The van der Waals surface area contributed by atoms with E-state index < -0.39 is 15.4 Å². The summed E-state index contributed by atoms with van der Waals surface area (Å²) >= 11 is 0. The Balaban J connectivity index is 6.04. The van der Waals surface area contributed by atoms with E-state index in [0.29, 0.717) is 6.42 Å². The molecule has 0 atom stereocenters. The monoisotopic (exact) mass is 640 g/mol. The van der Waals surface area contributed by atoms with Crippen LogP contribution in [0.25, 0.3) is 0 Å². The number of hydrogen-bond donors (Lipinski definition) is 1. The average molecular weight is 641 g/mol. The van der Waals surface area contributed by atoms with E-state index in [1.165, 1.54) is 45.3 Å². The molecule has 4 heteroatoms. The van der Waals surface area contributed by atoms with Crippen LogP contribution in [0.5, 0.6) is 0 Å². The third-order valence-corrected chi connectivity index (χ3v) is 9.54. The molecule has 256 valence electrons. The van der Waals surface area contributed by atoms with Crippen molar-refractivity contribution in [3.8, 4) is 0 Å². The zero-order valence-corrected chi connectivity index (χ0v) is 32.0. The second-order valence-corrected chi connectivity index (χ2v) is 16.0. The number of allylic oxidation sites excluding steroid dienone is 13. The Hall–Kier alpha value is -2.17. The van der Waals surface area contributed by atoms with Gasteiger partial charge in [-0.3, -0.25) is 0 Å². The van der Waals surface area contributed by atoms with Crippen molar-refractivity contribution < 1.29 is 13.5 Å². The minimum Gasteiger partial charge on any atom is -0.384 e. The molecule has 1 N–H and O–H groups in total. The van der Waals surface area contributed by atoms with Crippen LogP contribution in [0.3, 0.4) is 0 Å². The summed E-state index contributed by atoms with van der Waals surface area (Å²) in [6, 6.07) is 0. The lowest BCUT2D eigenvalue weighted by atomic mass is 9.89. The second-order valence-electron chi connectivity index (χ2n) is 14.1. The van der Waals surface area contributed by atoms with Gasteiger partial charge in [0.2, 0.25) is 0 Å². The first kappa shape index (κ1) is 42.8. The topological polar surface area (TPSA) is 54.4 Å². The van der Waals surface area contributed by atoms with Crippen molar-refractivity contribution in [3.05, 3.63) is 92.0 Å². The molecule has 0 unspecified atom stereocenters. The van der Waals surface area contributed by atoms with Crippen molar-refractivity contribution in [3.63, 3.8) is 0 Å². The van der Waals surface area contributed by atoms with E-state index in [-0.39, 0.29) is 17.7 Å². The summed E-state index contributed by atoms with van der Waals surface area (Å²) in [6.07, 6.45) is 26.5. The highest BCUT2D eigenvalue weighted by molar-refractivity contribution is 7.94. The van der Waals surface area contributed by atoms with Crippen LogP contribution >= 0.6 is 0 Å². The largest absolute Gasteiger partial charge is 0.384 e. The van der Waals surface area contributed by atoms with Gasteiger partial charge in [-0.05, 0) is 153 Å². The summed E-state index contributed by atoms with van der Waals surface area (Å²) in [4.78, 5) is 0.190. The van der Waals surface area contributed by atoms with E-state index in [0.717, 1.165) is 63.4 Å². The highest BCUT2D eigenvalue weighted by Gasteiger charge is 2.37. The second kappa shape index (κ2) is 22.4. The molecule has 0 fully saturated rings. The van der Waals surface area contributed by atoms with Gasteiger partial charge in [-0.1, -0.05) is 87.1 Å². The summed E-state index contributed by atoms with van der Waals surface area (Å²) in [5.74, 6) is 0. The van der Waals surface area contributed by atoms with Gasteiger partial charge in [0.25, 0.3) is 0 Å². The van der Waals surface area contributed by atoms with Crippen molar-refractivity contribution in [2.75, 3.05) is 6.26 Å². The van der Waals surface area contributed by atoms with Crippen molar-refractivity contribution in [2.45, 2.75) is 159 Å². The van der Waals surface area contributed by atoms with E-state index in [1.807, 2.05) is 20.8 Å². The zero-order valence-electron chi connectivity index (χ0n) is 31.2. The number of aliphatic hydroxyl groups is 1. The lowest BCUT2D eigenvalue weighted by molar-refractivity contribution is 0.0906. The smallest absolute Gasteiger partial charge is 0.174 e. The van der Waals surface area contributed by atoms with Gasteiger partial charge in [0, 0.05) is 6.26 Å². The molecule has 0 aromatic rings. The Bertz CT molecular complexity index is 1200. The maximum atomic E-state index is 13.3. The van der Waals surface area contributed by atoms with Crippen molar-refractivity contribution in [2.24, 2.45) is 0 Å². The Morgan fingerprint density at radius 1 is 0.489 bits per heavy atom. The molecule has 0 aliphatic carbocycles. The summed E-state index contributed by atoms with van der Waals surface area (Å²) in [5, 5.41) is 12.2. The first-order valence-corrected chi connectivity index (χ1v) is 18.9. The van der Waals surface area contributed by atoms with E-state index in [1.54, 1.807) is 0 Å². The molecule has 0 amide bonds. The van der Waals surface area contributed by atoms with Gasteiger partial charge >= 0.3 is 0 Å². The van der Waals surface area contributed by atoms with Gasteiger partial charge in [-0.2, -0.15) is 0 Å². The maximum Gasteiger partial charge on any atom is 0.174 e. The first-order valence-electron chi connectivity index (χ1n) is 17.0. The molecule has 0 aliphatic heterocycles. The molecule has 0 radical (unpaired) electrons. The Morgan fingerprint density at radius 2 is 0.778 bits per heavy atom. The Kier molecular flexibility index (Phi) is 21.3. The van der Waals surface area contributed by atoms with E-state index in [2.05, 4.69) is 97.9 Å². The minimum absolute atomic E-state index is 0.190. The highest BCUT2D eigenvalue weighted by Crippen LogP contribution is 2.35. The lowest BCUT2D eigenvalue weighted by Gasteiger charge is -2.30. The molecule has 0 saturated carbocycles. The third kappa shape index (κ3) is 21.3. The van der Waals surface area contributed by atoms with Crippen LogP contribution in [0.15, 0.2) is 92.0 Å². The molecule has 0 aromatic carbocycles. The predicted molar refractivity (Wildman–Crippen MR) is 201 cm³/mol. The van der Waals surface area contributed by atoms with Crippen LogP contribution in [0.4, 0.5) is 0 Å². The van der Waals surface area contributed by atoms with Crippen LogP contribution in [0.2, 0.25) is 0 Å². The molecule has 0 spiro atoms. The van der Waals surface area contributed by atoms with Crippen LogP contribution in [-0.2, 0) is 9.84 Å². The SMILES string of the molecule is CC(C)=CCCC(C)=CCCC(C)=CCC(O)(CC=C(C)CCC=C(C)CCC=C(C)C)/C(=C(\C)CCC=C(C)C)S(C)(=O)=O. The summed E-state index contributed by atoms with van der Waals surface area (Å²) in [7, 11) is -3.63. The minimum atomic E-state index is -3.63. The van der Waals surface area contributed by atoms with E-state index in [4.69, 9.17) is 0 Å². The normalized spacial score (nSPS) is 15.3. The third-order valence-electron chi connectivity index (χ3n) is 8.07. The molecule has 0 saturated heterocycles. The molecule has 3 nitrogen and oxygen atoms in total. The molecule has 0 bridgehead atoms. The van der Waals surface area contributed by atoms with Crippen LogP contribution in [0.1, 0.15) is 153 Å². The lowest BCUT2D eigenvalue weighted by Crippen LogP contribution is -2.35. The average Bonchev–Trinajstić information content (AvgIpc) is 2.89. The van der Waals surface area contributed by atoms with Crippen LogP contribution in [0, 0.1) is 0 Å². The molecular formula is C41H68O3S. The molecule has 45 heavy (non-hydrogen) atoms. The fraction of sp³-hybridized carbons (Fsp3) is 0.610. The van der Waals surface area contributed by atoms with Gasteiger partial charge in [0.05, 0.1) is 4.91 Å². The summed E-state index contributed by atoms with van der Waals surface area (Å²) in [6.45, 7) is 23.1. The van der Waals surface area contributed by atoms with Gasteiger partial charge in [-0.15, -0.1) is 0 Å². The molecular weight excluding hydrogens is 573 g/mol. The fourth-order valence-electron chi connectivity index (χ4n) is 5.38. The van der Waals surface area contributed by atoms with Crippen molar-refractivity contribution in [1.29, 1.82) is 0 Å². The molecule has 0 aliphatic rings. The Morgan fingerprint density at radius 3 is 1.09 bits per heavy atom. The Labute approximate surface area is 279 Å². The highest BCUT2D eigenvalue weighted by atomic mass is 32.2. The van der Waals surface area contributed by atoms with E-state index in [9.17, 15) is 13.5 Å². The fourth-order valence-corrected chi connectivity index (χ4v) is 6.97. The molecule has 0 heterocycles. The van der Waals surface area contributed by atoms with Crippen molar-refractivity contribution >= 4 is 9.84 Å². The quantitative estimate of drug-likeness (QED) is 0.127. The predicted octanol–water partition coefficient (Wildman–Crippen LogP) is 12.4. The first-order chi connectivity index (χ1) is 20.9. The maximum absolute atomic E-state index is 13.3. The van der Waals surface area contributed by atoms with Gasteiger partial charge in [0.1, 0.15) is 5.60 Å². The summed E-state index contributed by atoms with van der Waals surface area (Å²) < 4.78 is 26.5. The standard InChI is InChI=1S/C41H68O3S/c1-32(2)18-13-21-35(7)23-16-25-37(9)28-30-41(42,40(45(12,43)44)39(11)27-15-20-34(5)6)31-29-38(10)26-17-24-36(8)22-14-19-33(3)4/h18-20,23-24,28-29,42H,13-17,21-22,25-27,30-31H2,1-12H3/b35-23?,36-24?,37-28?,38-29?,40-39-.